The molecule has 0 amide bonds. The number of ether oxygens (including phenoxy) is 1. The molecule has 0 atom stereocenters. The summed E-state index contributed by atoms with van der Waals surface area (Å²) in [4.78, 5) is 4.11. The third kappa shape index (κ3) is 3.70. The molecule has 0 aliphatic heterocycles. The first-order chi connectivity index (χ1) is 8.70. The molecule has 1 fully saturated rings. The quantitative estimate of drug-likeness (QED) is 0.753. The molecule has 0 aromatic carbocycles. The second-order valence-corrected chi connectivity index (χ2v) is 5.68. The van der Waals surface area contributed by atoms with Crippen LogP contribution in [0.5, 0.6) is 5.75 Å². The molecule has 1 aromatic rings. The van der Waals surface area contributed by atoms with E-state index in [-0.39, 0.29) is 5.60 Å². The molecule has 3 heteroatoms. The van der Waals surface area contributed by atoms with Crippen molar-refractivity contribution in [3.63, 3.8) is 0 Å². The normalized spacial score (nSPS) is 17.5. The Bertz CT molecular complexity index is 347. The molecule has 0 spiro atoms. The molecular formula is C15H24N2O. The van der Waals surface area contributed by atoms with Gasteiger partial charge in [0.2, 0.25) is 0 Å². The van der Waals surface area contributed by atoms with Crippen LogP contribution in [0.3, 0.4) is 0 Å². The van der Waals surface area contributed by atoms with E-state index in [1.807, 2.05) is 18.3 Å². The molecule has 3 nitrogen and oxygen atoms in total. The van der Waals surface area contributed by atoms with Crippen molar-refractivity contribution >= 4 is 0 Å². The Hall–Kier alpha value is -1.09. The van der Waals surface area contributed by atoms with Crippen molar-refractivity contribution in [3.8, 4) is 5.75 Å². The Balaban J connectivity index is 1.79. The van der Waals surface area contributed by atoms with Crippen LogP contribution in [-0.4, -0.2) is 23.7 Å². The van der Waals surface area contributed by atoms with Crippen LogP contribution in [-0.2, 0) is 0 Å². The molecule has 1 heterocycles. The van der Waals surface area contributed by atoms with Gasteiger partial charge < -0.3 is 10.1 Å². The van der Waals surface area contributed by atoms with Crippen LogP contribution in [0.1, 0.15) is 39.5 Å². The fourth-order valence-corrected chi connectivity index (χ4v) is 2.34. The number of aromatic nitrogens is 1. The highest BCUT2D eigenvalue weighted by Gasteiger charge is 2.38. The van der Waals surface area contributed by atoms with Gasteiger partial charge in [-0.3, -0.25) is 4.98 Å². The van der Waals surface area contributed by atoms with Crippen molar-refractivity contribution in [1.29, 1.82) is 0 Å². The zero-order chi connectivity index (χ0) is 12.8. The van der Waals surface area contributed by atoms with Crippen molar-refractivity contribution in [2.45, 2.75) is 45.1 Å². The van der Waals surface area contributed by atoms with E-state index in [1.165, 1.54) is 19.3 Å². The Morgan fingerprint density at radius 2 is 2.28 bits per heavy atom. The van der Waals surface area contributed by atoms with Gasteiger partial charge in [0.15, 0.2) is 0 Å². The molecule has 18 heavy (non-hydrogen) atoms. The first-order valence-electron chi connectivity index (χ1n) is 7.00. The van der Waals surface area contributed by atoms with E-state index in [0.717, 1.165) is 25.3 Å². The molecule has 0 radical (unpaired) electrons. The standard InChI is InChI=1S/C15H24N2O/c1-13(2)11-17-10-8-15(6-4-7-15)18-14-5-3-9-16-12-14/h3,5,9,12-13,17H,4,6-8,10-11H2,1-2H3. The van der Waals surface area contributed by atoms with Crippen LogP contribution < -0.4 is 10.1 Å². The van der Waals surface area contributed by atoms with Crippen LogP contribution >= 0.6 is 0 Å². The first-order valence-corrected chi connectivity index (χ1v) is 7.00. The average Bonchev–Trinajstić information content (AvgIpc) is 2.32. The fourth-order valence-electron chi connectivity index (χ4n) is 2.34. The predicted molar refractivity (Wildman–Crippen MR) is 73.8 cm³/mol. The smallest absolute Gasteiger partial charge is 0.138 e. The predicted octanol–water partition coefficient (Wildman–Crippen LogP) is 3.02. The van der Waals surface area contributed by atoms with Crippen LogP contribution in [0.15, 0.2) is 24.5 Å². The number of pyridine rings is 1. The zero-order valence-corrected chi connectivity index (χ0v) is 11.5. The molecular weight excluding hydrogens is 224 g/mol. The van der Waals surface area contributed by atoms with E-state index in [4.69, 9.17) is 4.74 Å². The second-order valence-electron chi connectivity index (χ2n) is 5.68. The van der Waals surface area contributed by atoms with Gasteiger partial charge in [0, 0.05) is 6.20 Å². The van der Waals surface area contributed by atoms with Crippen molar-refractivity contribution in [1.82, 2.24) is 10.3 Å². The van der Waals surface area contributed by atoms with E-state index < -0.39 is 0 Å². The van der Waals surface area contributed by atoms with E-state index in [2.05, 4.69) is 24.1 Å². The minimum atomic E-state index is 0.0625. The molecule has 2 rings (SSSR count). The minimum absolute atomic E-state index is 0.0625. The lowest BCUT2D eigenvalue weighted by molar-refractivity contribution is -0.0146. The molecule has 0 bridgehead atoms. The highest BCUT2D eigenvalue weighted by Crippen LogP contribution is 2.38. The molecule has 100 valence electrons. The number of rotatable bonds is 7. The summed E-state index contributed by atoms with van der Waals surface area (Å²) in [5.41, 5.74) is 0.0625. The highest BCUT2D eigenvalue weighted by molar-refractivity contribution is 5.17. The van der Waals surface area contributed by atoms with E-state index in [9.17, 15) is 0 Å². The average molecular weight is 248 g/mol. The number of nitrogens with zero attached hydrogens (tertiary/aromatic N) is 1. The van der Waals surface area contributed by atoms with Gasteiger partial charge in [0.05, 0.1) is 6.20 Å². The molecule has 1 aliphatic carbocycles. The van der Waals surface area contributed by atoms with Crippen LogP contribution in [0.25, 0.3) is 0 Å². The Morgan fingerprint density at radius 1 is 1.44 bits per heavy atom. The van der Waals surface area contributed by atoms with Gasteiger partial charge in [-0.1, -0.05) is 13.8 Å². The second kappa shape index (κ2) is 6.19. The maximum absolute atomic E-state index is 6.14. The third-order valence-corrected chi connectivity index (χ3v) is 3.54. The topological polar surface area (TPSA) is 34.1 Å². The summed E-state index contributed by atoms with van der Waals surface area (Å²) in [6.07, 6.45) is 8.31. The lowest BCUT2D eigenvalue weighted by Gasteiger charge is -2.42. The molecule has 1 aromatic heterocycles. The van der Waals surface area contributed by atoms with Gasteiger partial charge in [-0.15, -0.1) is 0 Å². The SMILES string of the molecule is CC(C)CNCCC1(Oc2cccnc2)CCC1. The molecule has 1 saturated carbocycles. The van der Waals surface area contributed by atoms with Gasteiger partial charge in [0.25, 0.3) is 0 Å². The summed E-state index contributed by atoms with van der Waals surface area (Å²) in [6, 6.07) is 3.92. The van der Waals surface area contributed by atoms with Gasteiger partial charge in [-0.25, -0.2) is 0 Å². The van der Waals surface area contributed by atoms with Crippen LogP contribution in [0, 0.1) is 5.92 Å². The van der Waals surface area contributed by atoms with Gasteiger partial charge in [-0.2, -0.15) is 0 Å². The summed E-state index contributed by atoms with van der Waals surface area (Å²) in [7, 11) is 0. The highest BCUT2D eigenvalue weighted by atomic mass is 16.5. The molecule has 1 aliphatic rings. The monoisotopic (exact) mass is 248 g/mol. The minimum Gasteiger partial charge on any atom is -0.486 e. The van der Waals surface area contributed by atoms with Crippen LogP contribution in [0.4, 0.5) is 0 Å². The van der Waals surface area contributed by atoms with Gasteiger partial charge in [0.1, 0.15) is 11.4 Å². The van der Waals surface area contributed by atoms with Crippen molar-refractivity contribution in [2.24, 2.45) is 5.92 Å². The third-order valence-electron chi connectivity index (χ3n) is 3.54. The number of hydrogen-bond acceptors (Lipinski definition) is 3. The summed E-state index contributed by atoms with van der Waals surface area (Å²) in [5, 5.41) is 3.50. The maximum Gasteiger partial charge on any atom is 0.138 e. The lowest BCUT2D eigenvalue weighted by atomic mass is 9.77. The molecule has 0 unspecified atom stereocenters. The Morgan fingerprint density at radius 3 is 2.83 bits per heavy atom. The summed E-state index contributed by atoms with van der Waals surface area (Å²) >= 11 is 0. The first kappa shape index (κ1) is 13.3. The Labute approximate surface area is 110 Å². The summed E-state index contributed by atoms with van der Waals surface area (Å²) in [5.74, 6) is 1.61. The summed E-state index contributed by atoms with van der Waals surface area (Å²) in [6.45, 7) is 6.60. The van der Waals surface area contributed by atoms with Crippen molar-refractivity contribution in [2.75, 3.05) is 13.1 Å². The number of hydrogen-bond donors (Lipinski definition) is 1. The van der Waals surface area contributed by atoms with E-state index in [1.54, 1.807) is 6.20 Å². The van der Waals surface area contributed by atoms with Crippen LogP contribution in [0.2, 0.25) is 0 Å². The molecule has 0 saturated heterocycles. The largest absolute Gasteiger partial charge is 0.486 e. The Kier molecular flexibility index (Phi) is 4.59. The van der Waals surface area contributed by atoms with Crippen molar-refractivity contribution in [3.05, 3.63) is 24.5 Å². The lowest BCUT2D eigenvalue weighted by Crippen LogP contribution is -2.45. The number of nitrogens with one attached hydrogen (secondary N) is 1. The zero-order valence-electron chi connectivity index (χ0n) is 11.5. The van der Waals surface area contributed by atoms with Crippen molar-refractivity contribution < 1.29 is 4.74 Å². The van der Waals surface area contributed by atoms with Gasteiger partial charge >= 0.3 is 0 Å². The maximum atomic E-state index is 6.14. The van der Waals surface area contributed by atoms with E-state index in [0.29, 0.717) is 5.92 Å². The van der Waals surface area contributed by atoms with Gasteiger partial charge in [-0.05, 0) is 56.8 Å². The molecule has 1 N–H and O–H groups in total. The van der Waals surface area contributed by atoms with E-state index >= 15 is 0 Å². The fraction of sp³-hybridized carbons (Fsp3) is 0.667. The summed E-state index contributed by atoms with van der Waals surface area (Å²) < 4.78 is 6.14.